The van der Waals surface area contributed by atoms with E-state index in [4.69, 9.17) is 9.84 Å². The number of aliphatic carboxylic acids is 1. The van der Waals surface area contributed by atoms with E-state index in [1.54, 1.807) is 7.11 Å². The number of aryl methyl sites for hydroxylation is 1. The van der Waals surface area contributed by atoms with Crippen LogP contribution in [0.4, 0.5) is 0 Å². The molecule has 0 saturated carbocycles. The van der Waals surface area contributed by atoms with Crippen LogP contribution in [0, 0.1) is 0 Å². The topological polar surface area (TPSA) is 46.5 Å². The number of rotatable bonds is 4. The van der Waals surface area contributed by atoms with E-state index in [1.807, 2.05) is 11.4 Å². The van der Waals surface area contributed by atoms with Crippen LogP contribution in [0.25, 0.3) is 0 Å². The minimum absolute atomic E-state index is 0.164. The van der Waals surface area contributed by atoms with Gasteiger partial charge >= 0.3 is 5.97 Å². The van der Waals surface area contributed by atoms with Crippen molar-refractivity contribution in [3.8, 4) is 5.75 Å². The molecule has 0 amide bonds. The van der Waals surface area contributed by atoms with Gasteiger partial charge < -0.3 is 9.84 Å². The lowest BCUT2D eigenvalue weighted by atomic mass is 10.2. The van der Waals surface area contributed by atoms with Crippen molar-refractivity contribution < 1.29 is 14.6 Å². The third-order valence-corrected chi connectivity index (χ3v) is 2.45. The Labute approximate surface area is 74.6 Å². The molecular weight excluding hydrogens is 176 g/mol. The van der Waals surface area contributed by atoms with E-state index in [-0.39, 0.29) is 6.42 Å². The molecule has 0 unspecified atom stereocenters. The van der Waals surface area contributed by atoms with Crippen LogP contribution < -0.4 is 4.74 Å². The highest BCUT2D eigenvalue weighted by molar-refractivity contribution is 7.10. The quantitative estimate of drug-likeness (QED) is 0.779. The van der Waals surface area contributed by atoms with Gasteiger partial charge in [-0.3, -0.25) is 4.79 Å². The maximum atomic E-state index is 10.3. The zero-order valence-corrected chi connectivity index (χ0v) is 7.56. The van der Waals surface area contributed by atoms with Crippen molar-refractivity contribution in [2.24, 2.45) is 0 Å². The van der Waals surface area contributed by atoms with Gasteiger partial charge in [-0.05, 0) is 17.9 Å². The molecule has 66 valence electrons. The summed E-state index contributed by atoms with van der Waals surface area (Å²) in [5.41, 5.74) is 0. The van der Waals surface area contributed by atoms with E-state index in [9.17, 15) is 4.79 Å². The van der Waals surface area contributed by atoms with Gasteiger partial charge in [-0.25, -0.2) is 0 Å². The van der Waals surface area contributed by atoms with E-state index >= 15 is 0 Å². The van der Waals surface area contributed by atoms with Gasteiger partial charge in [0.25, 0.3) is 0 Å². The lowest BCUT2D eigenvalue weighted by molar-refractivity contribution is -0.136. The first kappa shape index (κ1) is 9.06. The van der Waals surface area contributed by atoms with Crippen LogP contribution in [-0.4, -0.2) is 18.2 Å². The Morgan fingerprint density at radius 1 is 1.75 bits per heavy atom. The fourth-order valence-electron chi connectivity index (χ4n) is 0.913. The van der Waals surface area contributed by atoms with Gasteiger partial charge in [0.05, 0.1) is 13.5 Å². The summed E-state index contributed by atoms with van der Waals surface area (Å²) < 4.78 is 5.04. The van der Waals surface area contributed by atoms with Crippen LogP contribution in [0.1, 0.15) is 11.3 Å². The minimum Gasteiger partial charge on any atom is -0.496 e. The summed E-state index contributed by atoms with van der Waals surface area (Å²) in [6, 6.07) is 1.85. The summed E-state index contributed by atoms with van der Waals surface area (Å²) in [7, 11) is 1.59. The molecule has 4 heteroatoms. The molecule has 0 aliphatic rings. The van der Waals surface area contributed by atoms with Crippen LogP contribution in [0.5, 0.6) is 5.75 Å². The van der Waals surface area contributed by atoms with Gasteiger partial charge in [-0.1, -0.05) is 0 Å². The van der Waals surface area contributed by atoms with Crippen molar-refractivity contribution in [1.29, 1.82) is 0 Å². The molecule has 1 aromatic heterocycles. The van der Waals surface area contributed by atoms with Crippen LogP contribution >= 0.6 is 11.3 Å². The molecule has 1 N–H and O–H groups in total. The Morgan fingerprint density at radius 2 is 2.50 bits per heavy atom. The predicted molar refractivity (Wildman–Crippen MR) is 46.8 cm³/mol. The molecule has 0 aliphatic heterocycles. The second-order valence-corrected chi connectivity index (χ2v) is 3.31. The molecule has 12 heavy (non-hydrogen) atoms. The largest absolute Gasteiger partial charge is 0.496 e. The second kappa shape index (κ2) is 4.11. The maximum Gasteiger partial charge on any atom is 0.303 e. The van der Waals surface area contributed by atoms with Gasteiger partial charge in [-0.15, -0.1) is 11.3 Å². The number of ether oxygens (including phenoxy) is 1. The molecule has 1 rings (SSSR count). The lowest BCUT2D eigenvalue weighted by Crippen LogP contribution is -1.97. The van der Waals surface area contributed by atoms with Crippen molar-refractivity contribution in [3.05, 3.63) is 16.3 Å². The fourth-order valence-corrected chi connectivity index (χ4v) is 1.76. The van der Waals surface area contributed by atoms with Crippen LogP contribution in [0.15, 0.2) is 11.4 Å². The standard InChI is InChI=1S/C8H10O3S/c1-11-6-4-5-12-7(6)2-3-8(9)10/h4-5H,2-3H2,1H3,(H,9,10). The first-order valence-electron chi connectivity index (χ1n) is 3.56. The summed E-state index contributed by atoms with van der Waals surface area (Å²) in [5.74, 6) is 0.0201. The molecule has 0 bridgehead atoms. The van der Waals surface area contributed by atoms with Gasteiger partial charge in [-0.2, -0.15) is 0 Å². The number of hydrogen-bond donors (Lipinski definition) is 1. The Bertz CT molecular complexity index is 267. The van der Waals surface area contributed by atoms with E-state index < -0.39 is 5.97 Å². The van der Waals surface area contributed by atoms with Crippen LogP contribution in [0.2, 0.25) is 0 Å². The summed E-state index contributed by atoms with van der Waals surface area (Å²) >= 11 is 1.53. The van der Waals surface area contributed by atoms with Crippen LogP contribution in [0.3, 0.4) is 0 Å². The smallest absolute Gasteiger partial charge is 0.303 e. The zero-order valence-electron chi connectivity index (χ0n) is 6.74. The molecular formula is C8H10O3S. The van der Waals surface area contributed by atoms with E-state index in [2.05, 4.69) is 0 Å². The van der Waals surface area contributed by atoms with E-state index in [1.165, 1.54) is 11.3 Å². The van der Waals surface area contributed by atoms with Crippen molar-refractivity contribution in [1.82, 2.24) is 0 Å². The molecule has 0 saturated heterocycles. The third-order valence-electron chi connectivity index (χ3n) is 1.49. The normalized spacial score (nSPS) is 9.75. The molecule has 3 nitrogen and oxygen atoms in total. The third kappa shape index (κ3) is 2.23. The highest BCUT2D eigenvalue weighted by Crippen LogP contribution is 2.25. The van der Waals surface area contributed by atoms with Gasteiger partial charge in [0.1, 0.15) is 5.75 Å². The Hall–Kier alpha value is -1.03. The summed E-state index contributed by atoms with van der Waals surface area (Å²) in [6.07, 6.45) is 0.715. The molecule has 0 atom stereocenters. The van der Waals surface area contributed by atoms with Gasteiger partial charge in [0.15, 0.2) is 0 Å². The lowest BCUT2D eigenvalue weighted by Gasteiger charge is -1.99. The first-order chi connectivity index (χ1) is 5.74. The first-order valence-corrected chi connectivity index (χ1v) is 4.44. The summed E-state index contributed by atoms with van der Waals surface area (Å²) in [4.78, 5) is 11.3. The average molecular weight is 186 g/mol. The number of carboxylic acid groups (broad SMARTS) is 1. The number of carboxylic acids is 1. The highest BCUT2D eigenvalue weighted by Gasteiger charge is 2.05. The molecule has 0 radical (unpaired) electrons. The summed E-state index contributed by atoms with van der Waals surface area (Å²) in [5, 5.41) is 10.3. The monoisotopic (exact) mass is 186 g/mol. The molecule has 1 heterocycles. The predicted octanol–water partition coefficient (Wildman–Crippen LogP) is 1.77. The molecule has 0 aromatic carbocycles. The van der Waals surface area contributed by atoms with Crippen molar-refractivity contribution >= 4 is 17.3 Å². The molecule has 0 fully saturated rings. The summed E-state index contributed by atoms with van der Waals surface area (Å²) in [6.45, 7) is 0. The minimum atomic E-state index is -0.773. The Balaban J connectivity index is 2.56. The molecule has 0 aliphatic carbocycles. The SMILES string of the molecule is COc1ccsc1CCC(=O)O. The van der Waals surface area contributed by atoms with Gasteiger partial charge in [0, 0.05) is 4.88 Å². The van der Waals surface area contributed by atoms with Crippen LogP contribution in [-0.2, 0) is 11.2 Å². The number of methoxy groups -OCH3 is 1. The average Bonchev–Trinajstić information content (AvgIpc) is 2.47. The van der Waals surface area contributed by atoms with E-state index in [0.717, 1.165) is 10.6 Å². The Kier molecular flexibility index (Phi) is 3.10. The highest BCUT2D eigenvalue weighted by atomic mass is 32.1. The van der Waals surface area contributed by atoms with Gasteiger partial charge in [0.2, 0.25) is 0 Å². The zero-order chi connectivity index (χ0) is 8.97. The second-order valence-electron chi connectivity index (χ2n) is 2.31. The fraction of sp³-hybridized carbons (Fsp3) is 0.375. The number of hydrogen-bond acceptors (Lipinski definition) is 3. The maximum absolute atomic E-state index is 10.3. The van der Waals surface area contributed by atoms with Crippen molar-refractivity contribution in [2.45, 2.75) is 12.8 Å². The van der Waals surface area contributed by atoms with E-state index in [0.29, 0.717) is 6.42 Å². The molecule has 0 spiro atoms. The number of thiophene rings is 1. The number of carbonyl (C=O) groups is 1. The molecule has 1 aromatic rings. The van der Waals surface area contributed by atoms with Crippen molar-refractivity contribution in [3.63, 3.8) is 0 Å². The van der Waals surface area contributed by atoms with Crippen molar-refractivity contribution in [2.75, 3.05) is 7.11 Å². The Morgan fingerprint density at radius 3 is 3.08 bits per heavy atom.